The van der Waals surface area contributed by atoms with E-state index in [1.165, 1.54) is 0 Å². The van der Waals surface area contributed by atoms with Gasteiger partial charge in [0.25, 0.3) is 0 Å². The molecule has 0 aliphatic rings. The van der Waals surface area contributed by atoms with Crippen molar-refractivity contribution in [1.29, 1.82) is 0 Å². The molecule has 0 unspecified atom stereocenters. The van der Waals surface area contributed by atoms with E-state index < -0.39 is 0 Å². The maximum Gasteiger partial charge on any atom is 0.307 e. The van der Waals surface area contributed by atoms with Crippen molar-refractivity contribution in [3.63, 3.8) is 0 Å². The Hall–Kier alpha value is -0.570. The van der Waals surface area contributed by atoms with Crippen LogP contribution < -0.4 is 5.32 Å². The zero-order valence-corrected chi connectivity index (χ0v) is 8.44. The monoisotopic (exact) mass is 173 g/mol. The van der Waals surface area contributed by atoms with Crippen LogP contribution in [0.15, 0.2) is 0 Å². The minimum Gasteiger partial charge on any atom is -0.465 e. The second-order valence-corrected chi connectivity index (χ2v) is 4.07. The quantitative estimate of drug-likeness (QED) is 0.649. The van der Waals surface area contributed by atoms with Crippen LogP contribution >= 0.6 is 0 Å². The molecule has 0 bridgehead atoms. The van der Waals surface area contributed by atoms with Gasteiger partial charge in [0, 0.05) is 6.54 Å². The number of nitrogens with one attached hydrogen (secondary N) is 1. The predicted molar refractivity (Wildman–Crippen MR) is 49.0 cm³/mol. The summed E-state index contributed by atoms with van der Waals surface area (Å²) in [6.45, 7) is 7.30. The molecule has 3 heteroatoms. The van der Waals surface area contributed by atoms with Crippen molar-refractivity contribution >= 4 is 5.97 Å². The molecule has 12 heavy (non-hydrogen) atoms. The van der Waals surface area contributed by atoms with Gasteiger partial charge in [-0.1, -0.05) is 20.8 Å². The second kappa shape index (κ2) is 5.14. The molecule has 0 spiro atoms. The highest BCUT2D eigenvalue weighted by Gasteiger charge is 2.12. The van der Waals surface area contributed by atoms with Gasteiger partial charge in [0.2, 0.25) is 0 Å². The SMILES string of the molecule is CNCCC(=O)OCC(C)(C)C. The Labute approximate surface area is 74.5 Å². The summed E-state index contributed by atoms with van der Waals surface area (Å²) in [5.74, 6) is -0.126. The average Bonchev–Trinajstić information content (AvgIpc) is 1.95. The molecular weight excluding hydrogens is 154 g/mol. The summed E-state index contributed by atoms with van der Waals surface area (Å²) in [6.07, 6.45) is 0.451. The molecule has 0 radical (unpaired) electrons. The first kappa shape index (κ1) is 11.4. The van der Waals surface area contributed by atoms with Crippen molar-refractivity contribution in [2.24, 2.45) is 5.41 Å². The Balaban J connectivity index is 3.44. The summed E-state index contributed by atoms with van der Waals surface area (Å²) in [6, 6.07) is 0. The van der Waals surface area contributed by atoms with E-state index in [0.29, 0.717) is 19.6 Å². The number of carbonyl (C=O) groups is 1. The van der Waals surface area contributed by atoms with Crippen molar-refractivity contribution < 1.29 is 9.53 Å². The number of esters is 1. The van der Waals surface area contributed by atoms with Crippen molar-refractivity contribution in [3.8, 4) is 0 Å². The lowest BCUT2D eigenvalue weighted by Crippen LogP contribution is -2.21. The van der Waals surface area contributed by atoms with Gasteiger partial charge in [-0.05, 0) is 12.5 Å². The third-order valence-electron chi connectivity index (χ3n) is 1.25. The van der Waals surface area contributed by atoms with Crippen LogP contribution in [-0.2, 0) is 9.53 Å². The summed E-state index contributed by atoms with van der Waals surface area (Å²) in [7, 11) is 1.82. The standard InChI is InChI=1S/C9H19NO2/c1-9(2,3)7-12-8(11)5-6-10-4/h10H,5-7H2,1-4H3. The first-order valence-electron chi connectivity index (χ1n) is 4.26. The Bertz CT molecular complexity index is 138. The van der Waals surface area contributed by atoms with E-state index in [-0.39, 0.29) is 11.4 Å². The fraction of sp³-hybridized carbons (Fsp3) is 0.889. The van der Waals surface area contributed by atoms with E-state index in [1.54, 1.807) is 0 Å². The van der Waals surface area contributed by atoms with Gasteiger partial charge in [0.05, 0.1) is 13.0 Å². The lowest BCUT2D eigenvalue weighted by Gasteiger charge is -2.17. The number of carbonyl (C=O) groups excluding carboxylic acids is 1. The van der Waals surface area contributed by atoms with E-state index in [4.69, 9.17) is 4.74 Å². The summed E-state index contributed by atoms with van der Waals surface area (Å²) in [4.78, 5) is 11.0. The molecule has 0 atom stereocenters. The number of hydrogen-bond donors (Lipinski definition) is 1. The van der Waals surface area contributed by atoms with Crippen molar-refractivity contribution in [1.82, 2.24) is 5.32 Å². The van der Waals surface area contributed by atoms with E-state index >= 15 is 0 Å². The molecule has 0 aromatic rings. The molecule has 0 saturated carbocycles. The van der Waals surface area contributed by atoms with Gasteiger partial charge in [-0.3, -0.25) is 4.79 Å². The Kier molecular flexibility index (Phi) is 4.90. The highest BCUT2D eigenvalue weighted by Crippen LogP contribution is 2.12. The van der Waals surface area contributed by atoms with Crippen LogP contribution in [0.4, 0.5) is 0 Å². The first-order chi connectivity index (χ1) is 5.45. The third kappa shape index (κ3) is 7.54. The zero-order chi connectivity index (χ0) is 9.61. The molecule has 0 amide bonds. The Morgan fingerprint density at radius 1 is 1.42 bits per heavy atom. The average molecular weight is 173 g/mol. The summed E-state index contributed by atoms with van der Waals surface area (Å²) in [5, 5.41) is 2.89. The van der Waals surface area contributed by atoms with Crippen LogP contribution in [0.5, 0.6) is 0 Å². The fourth-order valence-corrected chi connectivity index (χ4v) is 0.596. The number of ether oxygens (including phenoxy) is 1. The van der Waals surface area contributed by atoms with E-state index in [1.807, 2.05) is 27.8 Å². The van der Waals surface area contributed by atoms with Gasteiger partial charge >= 0.3 is 5.97 Å². The van der Waals surface area contributed by atoms with E-state index in [0.717, 1.165) is 0 Å². The van der Waals surface area contributed by atoms with Crippen molar-refractivity contribution in [2.45, 2.75) is 27.2 Å². The van der Waals surface area contributed by atoms with Gasteiger partial charge in [-0.2, -0.15) is 0 Å². The number of rotatable bonds is 4. The second-order valence-electron chi connectivity index (χ2n) is 4.07. The predicted octanol–water partition coefficient (Wildman–Crippen LogP) is 1.19. The van der Waals surface area contributed by atoms with Gasteiger partial charge in [-0.25, -0.2) is 0 Å². The van der Waals surface area contributed by atoms with Crippen LogP contribution in [0.1, 0.15) is 27.2 Å². The first-order valence-corrected chi connectivity index (χ1v) is 4.26. The molecule has 72 valence electrons. The minimum atomic E-state index is -0.126. The highest BCUT2D eigenvalue weighted by molar-refractivity contribution is 5.69. The maximum atomic E-state index is 11.0. The molecule has 0 heterocycles. The summed E-state index contributed by atoms with van der Waals surface area (Å²) >= 11 is 0. The van der Waals surface area contributed by atoms with Crippen LogP contribution in [0.3, 0.4) is 0 Å². The van der Waals surface area contributed by atoms with Gasteiger partial charge in [0.15, 0.2) is 0 Å². The Morgan fingerprint density at radius 2 is 2.00 bits per heavy atom. The minimum absolute atomic E-state index is 0.0648. The van der Waals surface area contributed by atoms with Crippen LogP contribution in [0, 0.1) is 5.41 Å². The highest BCUT2D eigenvalue weighted by atomic mass is 16.5. The lowest BCUT2D eigenvalue weighted by molar-refractivity contribution is -0.146. The molecule has 3 nitrogen and oxygen atoms in total. The molecule has 0 aliphatic heterocycles. The lowest BCUT2D eigenvalue weighted by atomic mass is 9.99. The molecule has 0 fully saturated rings. The van der Waals surface area contributed by atoms with Gasteiger partial charge < -0.3 is 10.1 Å². The summed E-state index contributed by atoms with van der Waals surface area (Å²) in [5.41, 5.74) is 0.0648. The Morgan fingerprint density at radius 3 is 2.42 bits per heavy atom. The zero-order valence-electron chi connectivity index (χ0n) is 8.44. The van der Waals surface area contributed by atoms with Gasteiger partial charge in [-0.15, -0.1) is 0 Å². The molecule has 0 rings (SSSR count). The molecule has 0 saturated heterocycles. The van der Waals surface area contributed by atoms with Crippen LogP contribution in [0.2, 0.25) is 0 Å². The largest absolute Gasteiger partial charge is 0.465 e. The van der Waals surface area contributed by atoms with Crippen LogP contribution in [-0.4, -0.2) is 26.2 Å². The summed E-state index contributed by atoms with van der Waals surface area (Å²) < 4.78 is 5.03. The normalized spacial score (nSPS) is 11.3. The smallest absolute Gasteiger partial charge is 0.307 e. The molecule has 0 aliphatic carbocycles. The molecule has 0 aromatic heterocycles. The van der Waals surface area contributed by atoms with E-state index in [2.05, 4.69) is 5.32 Å². The molecule has 0 aromatic carbocycles. The molecule has 1 N–H and O–H groups in total. The fourth-order valence-electron chi connectivity index (χ4n) is 0.596. The van der Waals surface area contributed by atoms with Crippen LogP contribution in [0.25, 0.3) is 0 Å². The van der Waals surface area contributed by atoms with Crippen molar-refractivity contribution in [2.75, 3.05) is 20.2 Å². The van der Waals surface area contributed by atoms with E-state index in [9.17, 15) is 4.79 Å². The third-order valence-corrected chi connectivity index (χ3v) is 1.25. The maximum absolute atomic E-state index is 11.0. The molecular formula is C9H19NO2. The van der Waals surface area contributed by atoms with Gasteiger partial charge in [0.1, 0.15) is 0 Å². The van der Waals surface area contributed by atoms with Crippen molar-refractivity contribution in [3.05, 3.63) is 0 Å². The number of hydrogen-bond acceptors (Lipinski definition) is 3. The topological polar surface area (TPSA) is 38.3 Å².